The van der Waals surface area contributed by atoms with Crippen LogP contribution in [0.5, 0.6) is 0 Å². The molecule has 404 valence electrons. The number of carbonyl (C=O) groups is 4. The van der Waals surface area contributed by atoms with E-state index in [0.29, 0.717) is 59.7 Å². The number of hydrogen-bond donors (Lipinski definition) is 6. The molecule has 4 aromatic rings. The zero-order valence-electron chi connectivity index (χ0n) is 41.9. The molecule has 2 saturated heterocycles. The number of rotatable bonds is 20. The van der Waals surface area contributed by atoms with Crippen molar-refractivity contribution < 1.29 is 60.5 Å². The van der Waals surface area contributed by atoms with Crippen molar-refractivity contribution in [3.05, 3.63) is 112 Å². The van der Waals surface area contributed by atoms with Gasteiger partial charge in [0.2, 0.25) is 5.91 Å². The number of alkyl halides is 5. The predicted octanol–water partition coefficient (Wildman–Crippen LogP) is 6.83. The second kappa shape index (κ2) is 24.8. The molecule has 75 heavy (non-hydrogen) atoms. The van der Waals surface area contributed by atoms with Crippen LogP contribution in [-0.4, -0.2) is 143 Å². The Kier molecular flexibility index (Phi) is 19.0. The van der Waals surface area contributed by atoms with Crippen LogP contribution in [0.25, 0.3) is 11.3 Å². The molecule has 2 aromatic heterocycles. The fourth-order valence-corrected chi connectivity index (χ4v) is 9.26. The van der Waals surface area contributed by atoms with Crippen molar-refractivity contribution in [3.8, 4) is 23.1 Å². The van der Waals surface area contributed by atoms with Crippen LogP contribution in [0.15, 0.2) is 79.1 Å². The lowest BCUT2D eigenvalue weighted by molar-refractivity contribution is -0.153. The molecule has 6 rings (SSSR count). The Hall–Kier alpha value is -6.67. The maximum Gasteiger partial charge on any atom is 0.407 e. The van der Waals surface area contributed by atoms with Gasteiger partial charge < -0.3 is 35.8 Å². The number of fused-ring (bicyclic) bond motifs is 2. The number of ether oxygens (including phenoxy) is 1. The van der Waals surface area contributed by atoms with Gasteiger partial charge in [-0.15, -0.1) is 0 Å². The Labute approximate surface area is 435 Å². The van der Waals surface area contributed by atoms with Crippen molar-refractivity contribution in [1.29, 1.82) is 0 Å². The van der Waals surface area contributed by atoms with Crippen LogP contribution in [0.1, 0.15) is 62.8 Å². The average molecular weight is 1070 g/mol. The van der Waals surface area contributed by atoms with Crippen LogP contribution in [0, 0.1) is 28.5 Å². The smallest absolute Gasteiger partial charge is 0.407 e. The fourth-order valence-electron chi connectivity index (χ4n) is 9.00. The van der Waals surface area contributed by atoms with E-state index in [1.54, 1.807) is 60.8 Å². The molecule has 0 spiro atoms. The number of aromatic nitrogens is 2. The summed E-state index contributed by atoms with van der Waals surface area (Å²) in [6, 6.07) is 12.8. The minimum absolute atomic E-state index is 0.119. The first kappa shape index (κ1) is 57.6. The highest BCUT2D eigenvalue weighted by molar-refractivity contribution is 6.31. The topological polar surface area (TPSA) is 202 Å². The number of benzene rings is 2. The van der Waals surface area contributed by atoms with Crippen molar-refractivity contribution >= 4 is 41.4 Å². The van der Waals surface area contributed by atoms with E-state index >= 15 is 4.39 Å². The number of halogens is 7. The van der Waals surface area contributed by atoms with E-state index in [1.807, 2.05) is 10.2 Å². The number of anilines is 1. The predicted molar refractivity (Wildman–Crippen MR) is 267 cm³/mol. The maximum absolute atomic E-state index is 16.1. The summed E-state index contributed by atoms with van der Waals surface area (Å²) in [6.45, 7) is 1.87. The van der Waals surface area contributed by atoms with E-state index in [9.17, 15) is 51.3 Å². The molecule has 6 atom stereocenters. The minimum atomic E-state index is -4.27. The van der Waals surface area contributed by atoms with E-state index in [-0.39, 0.29) is 29.1 Å². The Balaban J connectivity index is 1.26. The van der Waals surface area contributed by atoms with Gasteiger partial charge in [-0.2, -0.15) is 13.2 Å². The Bertz CT molecular complexity index is 2660. The lowest BCUT2D eigenvalue weighted by Crippen LogP contribution is -2.61. The highest BCUT2D eigenvalue weighted by atomic mass is 35.5. The number of alkyl carbamates (subject to hydrolysis) is 1. The summed E-state index contributed by atoms with van der Waals surface area (Å²) >= 11 is 6.66. The Morgan fingerprint density at radius 3 is 2.04 bits per heavy atom. The lowest BCUT2D eigenvalue weighted by Gasteiger charge is -2.41. The SMILES string of the molecule is COC(=O)N[C@H](C(=O)N[C@@H](Cc1ccc(C#Cc2ccc(N3CC4CCC(C3)N4CC(F)(F)F)nc2)cc1)[C@@H](O)CN(Cc1c(F)cc(-c2ccccn2)cc1Cl)NC(=O)[C@@H](NC(=O)O)C(C)(C)CF)C(C)(C)CF. The molecule has 2 unspecified atom stereocenters. The molecule has 2 fully saturated rings. The summed E-state index contributed by atoms with van der Waals surface area (Å²) in [4.78, 5) is 64.6. The van der Waals surface area contributed by atoms with Crippen molar-refractivity contribution in [1.82, 2.24) is 41.3 Å². The zero-order valence-corrected chi connectivity index (χ0v) is 42.6. The van der Waals surface area contributed by atoms with Gasteiger partial charge in [-0.05, 0) is 73.4 Å². The van der Waals surface area contributed by atoms with Crippen LogP contribution in [0.2, 0.25) is 5.02 Å². The summed E-state index contributed by atoms with van der Waals surface area (Å²) in [5.74, 6) is 3.86. The quantitative estimate of drug-likeness (QED) is 0.0307. The first-order valence-electron chi connectivity index (χ1n) is 23.9. The summed E-state index contributed by atoms with van der Waals surface area (Å²) in [5.41, 5.74) is 1.54. The number of carbonyl (C=O) groups excluding carboxylic acids is 3. The second-order valence-electron chi connectivity index (χ2n) is 20.0. The van der Waals surface area contributed by atoms with Gasteiger partial charge in [-0.25, -0.2) is 24.0 Å². The van der Waals surface area contributed by atoms with Gasteiger partial charge in [0, 0.05) is 88.8 Å². The molecule has 2 aliphatic heterocycles. The van der Waals surface area contributed by atoms with Gasteiger partial charge in [0.05, 0.1) is 44.8 Å². The largest absolute Gasteiger partial charge is 0.465 e. The molecular weight excluding hydrogens is 1010 g/mol. The van der Waals surface area contributed by atoms with Crippen molar-refractivity contribution in [2.75, 3.05) is 51.5 Å². The summed E-state index contributed by atoms with van der Waals surface area (Å²) in [5, 5.41) is 29.7. The molecule has 23 heteroatoms. The molecule has 6 N–H and O–H groups in total. The van der Waals surface area contributed by atoms with Crippen molar-refractivity contribution in [2.45, 2.75) is 96.0 Å². The van der Waals surface area contributed by atoms with E-state index in [4.69, 9.17) is 16.3 Å². The molecule has 2 aliphatic rings. The number of methoxy groups -OCH3 is 1. The molecule has 4 amide bonds. The molecule has 0 aliphatic carbocycles. The fraction of sp³-hybridized carbons (Fsp3) is 0.462. The lowest BCUT2D eigenvalue weighted by atomic mass is 9.84. The van der Waals surface area contributed by atoms with E-state index < -0.39 is 104 Å². The zero-order chi connectivity index (χ0) is 54.8. The Morgan fingerprint density at radius 1 is 0.867 bits per heavy atom. The molecule has 16 nitrogen and oxygen atoms in total. The molecule has 2 aromatic carbocycles. The number of aliphatic hydroxyl groups excluding tert-OH is 1. The van der Waals surface area contributed by atoms with Gasteiger partial charge in [-0.1, -0.05) is 69.3 Å². The number of hydrogen-bond acceptors (Lipinski definition) is 11. The monoisotopic (exact) mass is 1070 g/mol. The van der Waals surface area contributed by atoms with Gasteiger partial charge in [0.15, 0.2) is 0 Å². The second-order valence-corrected chi connectivity index (χ2v) is 20.4. The average Bonchev–Trinajstić information content (AvgIpc) is 3.57. The molecule has 0 saturated carbocycles. The molecular formula is C52H60ClF6N9O7. The van der Waals surface area contributed by atoms with Crippen LogP contribution >= 0.6 is 11.6 Å². The van der Waals surface area contributed by atoms with E-state index in [2.05, 4.69) is 37.9 Å². The number of aliphatic hydroxyl groups is 1. The third-order valence-electron chi connectivity index (χ3n) is 13.2. The van der Waals surface area contributed by atoms with Crippen LogP contribution in [0.4, 0.5) is 41.7 Å². The first-order valence-corrected chi connectivity index (χ1v) is 24.3. The minimum Gasteiger partial charge on any atom is -0.465 e. The third-order valence-corrected chi connectivity index (χ3v) is 13.6. The number of amides is 4. The number of hydrazine groups is 1. The number of carboxylic acid groups (broad SMARTS) is 1. The van der Waals surface area contributed by atoms with E-state index in [1.165, 1.54) is 44.9 Å². The number of nitrogens with zero attached hydrogens (tertiary/aromatic N) is 5. The Morgan fingerprint density at radius 2 is 1.49 bits per heavy atom. The van der Waals surface area contributed by atoms with E-state index in [0.717, 1.165) is 18.2 Å². The molecule has 4 heterocycles. The number of pyridine rings is 2. The van der Waals surface area contributed by atoms with Crippen LogP contribution in [0.3, 0.4) is 0 Å². The standard InChI is InChI=1S/C52H60ClF6N9O7/c1-50(2,28-54)44(64-49(74)75-5)46(70)62-41(20-32-12-9-31(10-13-32)11-14-33-15-18-43(61-23-33)66-24-35-16-17-36(25-66)68(35)30-52(57,58)59)42(69)27-67(65-47(71)45(63-48(72)73)51(3,4)29-55)26-37-38(53)21-34(22-39(37)56)40-8-6-7-19-60-40/h6-10,12-13,15,18-19,21-23,35-36,41-42,44-45,63,69H,16-17,20,24-30H2,1-5H3,(H,62,70)(H,64,74)(H,65,71)(H,72,73)/t35?,36?,41-,42-,44+,45+/m0/s1. The number of nitrogens with one attached hydrogen (secondary N) is 4. The summed E-state index contributed by atoms with van der Waals surface area (Å²) < 4.78 is 89.3. The van der Waals surface area contributed by atoms with Gasteiger partial charge >= 0.3 is 18.4 Å². The van der Waals surface area contributed by atoms with Gasteiger partial charge in [-0.3, -0.25) is 33.7 Å². The normalized spacial score (nSPS) is 17.5. The molecule has 0 radical (unpaired) electrons. The number of piperazine rings is 1. The first-order chi connectivity index (χ1) is 35.4. The van der Waals surface area contributed by atoms with Gasteiger partial charge in [0.1, 0.15) is 23.7 Å². The third kappa shape index (κ3) is 15.5. The van der Waals surface area contributed by atoms with Gasteiger partial charge in [0.25, 0.3) is 5.91 Å². The van der Waals surface area contributed by atoms with Crippen molar-refractivity contribution in [3.63, 3.8) is 0 Å². The highest BCUT2D eigenvalue weighted by Gasteiger charge is 2.45. The molecule has 2 bridgehead atoms. The van der Waals surface area contributed by atoms with Crippen LogP contribution < -0.4 is 26.3 Å². The highest BCUT2D eigenvalue weighted by Crippen LogP contribution is 2.35. The summed E-state index contributed by atoms with van der Waals surface area (Å²) in [7, 11) is 1.05. The van der Waals surface area contributed by atoms with Crippen molar-refractivity contribution in [2.24, 2.45) is 10.8 Å². The maximum atomic E-state index is 16.1. The summed E-state index contributed by atoms with van der Waals surface area (Å²) in [6.07, 6.45) is -4.37. The van der Waals surface area contributed by atoms with Crippen LogP contribution in [-0.2, 0) is 27.3 Å².